The van der Waals surface area contributed by atoms with E-state index in [1.54, 1.807) is 11.3 Å². The molecule has 1 N–H and O–H groups in total. The number of aryl methyl sites for hydroxylation is 1. The summed E-state index contributed by atoms with van der Waals surface area (Å²) in [5, 5.41) is 5.71. The SMILES string of the molecule is O=C(c1nc2sccn2c1CNC1CCc2ccccc21)N1CCCC1. The molecular weight excluding hydrogens is 344 g/mol. The highest BCUT2D eigenvalue weighted by atomic mass is 32.1. The minimum Gasteiger partial charge on any atom is -0.337 e. The van der Waals surface area contributed by atoms with Crippen molar-refractivity contribution in [3.8, 4) is 0 Å². The predicted molar refractivity (Wildman–Crippen MR) is 103 cm³/mol. The second-order valence-corrected chi connectivity index (χ2v) is 8.01. The molecule has 1 amide bonds. The van der Waals surface area contributed by atoms with E-state index in [0.29, 0.717) is 18.3 Å². The first-order valence-electron chi connectivity index (χ1n) is 9.36. The van der Waals surface area contributed by atoms with E-state index in [9.17, 15) is 4.79 Å². The van der Waals surface area contributed by atoms with Crippen LogP contribution in [0.25, 0.3) is 4.96 Å². The molecule has 5 rings (SSSR count). The van der Waals surface area contributed by atoms with E-state index in [0.717, 1.165) is 49.4 Å². The van der Waals surface area contributed by atoms with Crippen LogP contribution in [0.2, 0.25) is 0 Å². The van der Waals surface area contributed by atoms with Gasteiger partial charge in [0, 0.05) is 37.3 Å². The number of carbonyl (C=O) groups excluding carboxylic acids is 1. The highest BCUT2D eigenvalue weighted by molar-refractivity contribution is 7.15. The molecule has 1 aromatic carbocycles. The van der Waals surface area contributed by atoms with Gasteiger partial charge in [-0.3, -0.25) is 9.20 Å². The molecule has 3 aromatic rings. The quantitative estimate of drug-likeness (QED) is 0.770. The van der Waals surface area contributed by atoms with Gasteiger partial charge in [0.05, 0.1) is 5.69 Å². The lowest BCUT2D eigenvalue weighted by Crippen LogP contribution is -2.30. The van der Waals surface area contributed by atoms with Crippen LogP contribution >= 0.6 is 11.3 Å². The van der Waals surface area contributed by atoms with Crippen LogP contribution < -0.4 is 5.32 Å². The Labute approximate surface area is 156 Å². The minimum atomic E-state index is 0.0852. The molecule has 1 atom stereocenters. The highest BCUT2D eigenvalue weighted by Crippen LogP contribution is 2.31. The zero-order valence-electron chi connectivity index (χ0n) is 14.6. The van der Waals surface area contributed by atoms with Crippen LogP contribution in [0.1, 0.15) is 52.6 Å². The number of hydrogen-bond donors (Lipinski definition) is 1. The van der Waals surface area contributed by atoms with Crippen molar-refractivity contribution in [3.63, 3.8) is 0 Å². The van der Waals surface area contributed by atoms with Crippen LogP contribution in [0, 0.1) is 0 Å². The number of benzene rings is 1. The summed E-state index contributed by atoms with van der Waals surface area (Å²) in [6.45, 7) is 2.37. The van der Waals surface area contributed by atoms with Crippen molar-refractivity contribution in [2.75, 3.05) is 13.1 Å². The molecule has 2 aromatic heterocycles. The standard InChI is InChI=1S/C20H22N4OS/c25-19(23-9-3-4-10-23)18-17(24-11-12-26-20(24)22-18)13-21-16-8-7-14-5-1-2-6-15(14)16/h1-2,5-6,11-12,16,21H,3-4,7-10,13H2. The maximum Gasteiger partial charge on any atom is 0.274 e. The first-order valence-corrected chi connectivity index (χ1v) is 10.2. The molecule has 0 radical (unpaired) electrons. The number of hydrogen-bond acceptors (Lipinski definition) is 4. The van der Waals surface area contributed by atoms with Crippen LogP contribution in [-0.2, 0) is 13.0 Å². The molecule has 0 saturated carbocycles. The van der Waals surface area contributed by atoms with Crippen LogP contribution in [0.3, 0.4) is 0 Å². The van der Waals surface area contributed by atoms with Gasteiger partial charge in [-0.1, -0.05) is 24.3 Å². The molecule has 1 unspecified atom stereocenters. The fourth-order valence-electron chi connectivity index (χ4n) is 4.23. The smallest absolute Gasteiger partial charge is 0.274 e. The molecule has 1 fully saturated rings. The van der Waals surface area contributed by atoms with Gasteiger partial charge in [0.1, 0.15) is 0 Å². The lowest BCUT2D eigenvalue weighted by atomic mass is 10.1. The number of rotatable bonds is 4. The molecule has 3 heterocycles. The van der Waals surface area contributed by atoms with Crippen LogP contribution in [-0.4, -0.2) is 33.3 Å². The van der Waals surface area contributed by atoms with Crippen molar-refractivity contribution in [3.05, 3.63) is 58.4 Å². The van der Waals surface area contributed by atoms with E-state index < -0.39 is 0 Å². The third kappa shape index (κ3) is 2.64. The number of nitrogens with one attached hydrogen (secondary N) is 1. The van der Waals surface area contributed by atoms with Crippen molar-refractivity contribution in [1.29, 1.82) is 0 Å². The molecule has 26 heavy (non-hydrogen) atoms. The molecule has 134 valence electrons. The second kappa shape index (κ2) is 6.52. The van der Waals surface area contributed by atoms with Crippen molar-refractivity contribution in [1.82, 2.24) is 19.6 Å². The summed E-state index contributed by atoms with van der Waals surface area (Å²) in [7, 11) is 0. The third-order valence-electron chi connectivity index (χ3n) is 5.61. The highest BCUT2D eigenvalue weighted by Gasteiger charge is 2.27. The Morgan fingerprint density at radius 2 is 2.12 bits per heavy atom. The number of thiazole rings is 1. The van der Waals surface area contributed by atoms with Crippen molar-refractivity contribution in [2.24, 2.45) is 0 Å². The number of amides is 1. The van der Waals surface area contributed by atoms with Crippen LogP contribution in [0.4, 0.5) is 0 Å². The summed E-state index contributed by atoms with van der Waals surface area (Å²) in [6.07, 6.45) is 6.45. The Morgan fingerprint density at radius 1 is 1.27 bits per heavy atom. The summed E-state index contributed by atoms with van der Waals surface area (Å²) in [4.78, 5) is 20.5. The first-order chi connectivity index (χ1) is 12.8. The molecule has 1 aliphatic heterocycles. The molecule has 1 saturated heterocycles. The van der Waals surface area contributed by atoms with E-state index >= 15 is 0 Å². The van der Waals surface area contributed by atoms with Gasteiger partial charge in [-0.05, 0) is 36.8 Å². The van der Waals surface area contributed by atoms with Crippen LogP contribution in [0.15, 0.2) is 35.8 Å². The topological polar surface area (TPSA) is 49.6 Å². The van der Waals surface area contributed by atoms with Crippen molar-refractivity contribution >= 4 is 22.2 Å². The average Bonchev–Trinajstić information content (AvgIpc) is 3.42. The number of nitrogens with zero attached hydrogens (tertiary/aromatic N) is 3. The van der Waals surface area contributed by atoms with E-state index in [1.165, 1.54) is 11.1 Å². The largest absolute Gasteiger partial charge is 0.337 e. The van der Waals surface area contributed by atoms with Gasteiger partial charge in [-0.15, -0.1) is 11.3 Å². The Balaban J connectivity index is 1.42. The molecule has 5 nitrogen and oxygen atoms in total. The lowest BCUT2D eigenvalue weighted by Gasteiger charge is -2.17. The number of likely N-dealkylation sites (tertiary alicyclic amines) is 1. The maximum absolute atomic E-state index is 13.0. The Kier molecular flexibility index (Phi) is 4.02. The van der Waals surface area contributed by atoms with Gasteiger partial charge < -0.3 is 10.2 Å². The summed E-state index contributed by atoms with van der Waals surface area (Å²) < 4.78 is 2.07. The summed E-state index contributed by atoms with van der Waals surface area (Å²) in [6, 6.07) is 9.00. The summed E-state index contributed by atoms with van der Waals surface area (Å²) >= 11 is 1.58. The molecule has 0 spiro atoms. The van der Waals surface area contributed by atoms with E-state index in [4.69, 9.17) is 0 Å². The van der Waals surface area contributed by atoms with Gasteiger partial charge in [0.25, 0.3) is 5.91 Å². The predicted octanol–water partition coefficient (Wildman–Crippen LogP) is 3.41. The average molecular weight is 366 g/mol. The molecule has 1 aliphatic carbocycles. The van der Waals surface area contributed by atoms with Crippen molar-refractivity contribution < 1.29 is 4.79 Å². The van der Waals surface area contributed by atoms with Gasteiger partial charge in [0.2, 0.25) is 0 Å². The van der Waals surface area contributed by atoms with Gasteiger partial charge in [-0.25, -0.2) is 4.98 Å². The number of aromatic nitrogens is 2. The number of imidazole rings is 1. The minimum absolute atomic E-state index is 0.0852. The normalized spacial score (nSPS) is 19.4. The Hall–Kier alpha value is -2.18. The molecule has 6 heteroatoms. The fourth-order valence-corrected chi connectivity index (χ4v) is 4.96. The first kappa shape index (κ1) is 16.0. The Bertz CT molecular complexity index is 954. The zero-order valence-corrected chi connectivity index (χ0v) is 15.5. The van der Waals surface area contributed by atoms with Crippen LogP contribution in [0.5, 0.6) is 0 Å². The molecule has 0 bridgehead atoms. The van der Waals surface area contributed by atoms with E-state index in [-0.39, 0.29) is 5.91 Å². The number of carbonyl (C=O) groups is 1. The van der Waals surface area contributed by atoms with E-state index in [1.807, 2.05) is 16.5 Å². The molecule has 2 aliphatic rings. The fraction of sp³-hybridized carbons (Fsp3) is 0.400. The van der Waals surface area contributed by atoms with Gasteiger partial charge in [0.15, 0.2) is 10.7 Å². The monoisotopic (exact) mass is 366 g/mol. The Morgan fingerprint density at radius 3 is 3.00 bits per heavy atom. The summed E-state index contributed by atoms with van der Waals surface area (Å²) in [5.74, 6) is 0.0852. The van der Waals surface area contributed by atoms with Gasteiger partial charge in [-0.2, -0.15) is 0 Å². The third-order valence-corrected chi connectivity index (χ3v) is 6.36. The zero-order chi connectivity index (χ0) is 17.5. The van der Waals surface area contributed by atoms with Crippen molar-refractivity contribution in [2.45, 2.75) is 38.3 Å². The van der Waals surface area contributed by atoms with Gasteiger partial charge >= 0.3 is 0 Å². The maximum atomic E-state index is 13.0. The summed E-state index contributed by atoms with van der Waals surface area (Å²) in [5.41, 5.74) is 4.44. The second-order valence-electron chi connectivity index (χ2n) is 7.13. The molecular formula is C20H22N4OS. The lowest BCUT2D eigenvalue weighted by molar-refractivity contribution is 0.0786. The van der Waals surface area contributed by atoms with E-state index in [2.05, 4.69) is 39.0 Å². The number of fused-ring (bicyclic) bond motifs is 2.